The first kappa shape index (κ1) is 23.5. The highest BCUT2D eigenvalue weighted by Gasteiger charge is 2.21. The maximum absolute atomic E-state index is 15.0. The van der Waals surface area contributed by atoms with Crippen LogP contribution in [0, 0.1) is 12.7 Å². The maximum Gasteiger partial charge on any atom is 0.387 e. The first-order chi connectivity index (χ1) is 16.0. The zero-order valence-electron chi connectivity index (χ0n) is 19.0. The van der Waals surface area contributed by atoms with Gasteiger partial charge in [0.15, 0.2) is 5.82 Å². The molecule has 0 atom stereocenters. The van der Waals surface area contributed by atoms with Crippen LogP contribution < -0.4 is 10.3 Å². The molecule has 0 saturated heterocycles. The summed E-state index contributed by atoms with van der Waals surface area (Å²) in [4.78, 5) is 21.0. The fourth-order valence-corrected chi connectivity index (χ4v) is 3.79. The SMILES string of the molecule is Cc1ccc(OC(F)F)c(Cn2c3cc(-c4cnc(C(C)(C)O)nc4)c(F)cc3c(=O)n2C)c1. The molecule has 34 heavy (non-hydrogen) atoms. The lowest BCUT2D eigenvalue weighted by Gasteiger charge is -2.16. The molecule has 2 aromatic heterocycles. The van der Waals surface area contributed by atoms with Crippen LogP contribution in [0.4, 0.5) is 13.2 Å². The second-order valence-corrected chi connectivity index (χ2v) is 8.58. The van der Waals surface area contributed by atoms with Crippen LogP contribution in [0.2, 0.25) is 0 Å². The van der Waals surface area contributed by atoms with E-state index in [2.05, 4.69) is 14.7 Å². The van der Waals surface area contributed by atoms with E-state index in [1.807, 2.05) is 6.92 Å². The van der Waals surface area contributed by atoms with Crippen molar-refractivity contribution >= 4 is 10.9 Å². The number of alkyl halides is 2. The molecule has 10 heteroatoms. The summed E-state index contributed by atoms with van der Waals surface area (Å²) in [6.45, 7) is 1.92. The van der Waals surface area contributed by atoms with Crippen molar-refractivity contribution in [3.8, 4) is 16.9 Å². The van der Waals surface area contributed by atoms with Gasteiger partial charge in [-0.2, -0.15) is 8.78 Å². The number of ether oxygens (including phenoxy) is 1. The highest BCUT2D eigenvalue weighted by Crippen LogP contribution is 2.29. The number of hydrogen-bond donors (Lipinski definition) is 1. The van der Waals surface area contributed by atoms with Crippen LogP contribution in [-0.2, 0) is 19.2 Å². The van der Waals surface area contributed by atoms with Gasteiger partial charge in [0.2, 0.25) is 0 Å². The summed E-state index contributed by atoms with van der Waals surface area (Å²) in [5.74, 6) is -0.465. The lowest BCUT2D eigenvalue weighted by molar-refractivity contribution is -0.0505. The lowest BCUT2D eigenvalue weighted by atomic mass is 10.1. The number of aryl methyl sites for hydroxylation is 1. The highest BCUT2D eigenvalue weighted by atomic mass is 19.3. The topological polar surface area (TPSA) is 82.2 Å². The molecule has 2 aromatic carbocycles. The van der Waals surface area contributed by atoms with E-state index in [-0.39, 0.29) is 29.1 Å². The molecule has 0 aliphatic rings. The second-order valence-electron chi connectivity index (χ2n) is 8.58. The molecular formula is C24H23F3N4O3. The number of halogens is 3. The first-order valence-corrected chi connectivity index (χ1v) is 10.4. The number of aliphatic hydroxyl groups is 1. The molecule has 0 spiro atoms. The highest BCUT2D eigenvalue weighted by molar-refractivity contribution is 5.84. The molecule has 1 N–H and O–H groups in total. The Morgan fingerprint density at radius 2 is 1.82 bits per heavy atom. The van der Waals surface area contributed by atoms with Crippen LogP contribution in [0.3, 0.4) is 0 Å². The predicted molar refractivity (Wildman–Crippen MR) is 120 cm³/mol. The van der Waals surface area contributed by atoms with E-state index in [9.17, 15) is 23.1 Å². The zero-order valence-corrected chi connectivity index (χ0v) is 19.0. The van der Waals surface area contributed by atoms with Gasteiger partial charge in [0, 0.05) is 36.1 Å². The molecule has 0 amide bonds. The van der Waals surface area contributed by atoms with Crippen molar-refractivity contribution in [2.45, 2.75) is 39.5 Å². The van der Waals surface area contributed by atoms with Crippen molar-refractivity contribution in [2.75, 3.05) is 0 Å². The van der Waals surface area contributed by atoms with Gasteiger partial charge >= 0.3 is 6.61 Å². The zero-order chi connectivity index (χ0) is 24.8. The van der Waals surface area contributed by atoms with Gasteiger partial charge in [-0.1, -0.05) is 17.7 Å². The van der Waals surface area contributed by atoms with Crippen molar-refractivity contribution in [2.24, 2.45) is 7.05 Å². The molecule has 0 unspecified atom stereocenters. The van der Waals surface area contributed by atoms with E-state index in [1.54, 1.807) is 16.8 Å². The minimum absolute atomic E-state index is 0.00663. The van der Waals surface area contributed by atoms with Gasteiger partial charge in [-0.25, -0.2) is 14.4 Å². The molecule has 4 rings (SSSR count). The third-order valence-electron chi connectivity index (χ3n) is 5.51. The average Bonchev–Trinajstić information content (AvgIpc) is 2.98. The third kappa shape index (κ3) is 4.41. The van der Waals surface area contributed by atoms with Gasteiger partial charge in [0.1, 0.15) is 17.2 Å². The second kappa shape index (κ2) is 8.60. The quantitative estimate of drug-likeness (QED) is 0.457. The van der Waals surface area contributed by atoms with E-state index in [0.717, 1.165) is 11.6 Å². The van der Waals surface area contributed by atoms with E-state index in [1.165, 1.54) is 50.1 Å². The molecule has 2 heterocycles. The van der Waals surface area contributed by atoms with E-state index in [4.69, 9.17) is 0 Å². The van der Waals surface area contributed by atoms with Crippen LogP contribution >= 0.6 is 0 Å². The Hall–Kier alpha value is -3.66. The Kier molecular flexibility index (Phi) is 5.94. The minimum Gasteiger partial charge on any atom is -0.434 e. The van der Waals surface area contributed by atoms with Crippen molar-refractivity contribution < 1.29 is 23.0 Å². The lowest BCUT2D eigenvalue weighted by Crippen LogP contribution is -2.20. The Labute approximate surface area is 193 Å². The third-order valence-corrected chi connectivity index (χ3v) is 5.51. The maximum atomic E-state index is 15.0. The van der Waals surface area contributed by atoms with Crippen molar-refractivity contribution in [1.29, 1.82) is 0 Å². The summed E-state index contributed by atoms with van der Waals surface area (Å²) in [6, 6.07) is 7.44. The van der Waals surface area contributed by atoms with E-state index < -0.39 is 23.6 Å². The molecular weight excluding hydrogens is 449 g/mol. The molecule has 7 nitrogen and oxygen atoms in total. The number of hydrogen-bond acceptors (Lipinski definition) is 5. The van der Waals surface area contributed by atoms with Crippen molar-refractivity contribution in [1.82, 2.24) is 19.3 Å². The number of rotatable bonds is 6. The summed E-state index contributed by atoms with van der Waals surface area (Å²) in [6.07, 6.45) is 2.79. The molecule has 0 saturated carbocycles. The molecule has 0 fully saturated rings. The van der Waals surface area contributed by atoms with Crippen LogP contribution in [0.1, 0.15) is 30.8 Å². The van der Waals surface area contributed by atoms with Crippen LogP contribution in [-0.4, -0.2) is 31.0 Å². The van der Waals surface area contributed by atoms with Gasteiger partial charge in [-0.05, 0) is 39.0 Å². The number of aromatic nitrogens is 4. The Morgan fingerprint density at radius 1 is 1.15 bits per heavy atom. The monoisotopic (exact) mass is 472 g/mol. The van der Waals surface area contributed by atoms with Gasteiger partial charge in [0.25, 0.3) is 5.56 Å². The number of benzene rings is 2. The summed E-state index contributed by atoms with van der Waals surface area (Å²) in [5, 5.41) is 10.2. The van der Waals surface area contributed by atoms with Crippen LogP contribution in [0.15, 0.2) is 47.5 Å². The van der Waals surface area contributed by atoms with Gasteiger partial charge < -0.3 is 9.84 Å². The standard InChI is InChI=1S/C24H23F3N4O3/c1-13-5-6-20(34-23(26)27)14(7-13)12-31-19-9-16(18(25)8-17(19)21(32)30(31)4)15-10-28-22(29-11-15)24(2,3)33/h5-11,23,33H,12H2,1-4H3. The van der Waals surface area contributed by atoms with Crippen LogP contribution in [0.5, 0.6) is 5.75 Å². The fourth-order valence-electron chi connectivity index (χ4n) is 3.79. The number of nitrogens with zero attached hydrogens (tertiary/aromatic N) is 4. The first-order valence-electron chi connectivity index (χ1n) is 10.4. The van der Waals surface area contributed by atoms with Gasteiger partial charge in [0.05, 0.1) is 17.4 Å². The Bertz CT molecular complexity index is 1420. The molecule has 0 bridgehead atoms. The Balaban J connectivity index is 1.84. The predicted octanol–water partition coefficient (Wildman–Crippen LogP) is 4.12. The summed E-state index contributed by atoms with van der Waals surface area (Å²) >= 11 is 0. The van der Waals surface area contributed by atoms with Gasteiger partial charge in [-0.3, -0.25) is 14.2 Å². The smallest absolute Gasteiger partial charge is 0.387 e. The molecule has 0 radical (unpaired) electrons. The Morgan fingerprint density at radius 3 is 2.44 bits per heavy atom. The number of fused-ring (bicyclic) bond motifs is 1. The van der Waals surface area contributed by atoms with E-state index >= 15 is 0 Å². The molecule has 4 aromatic rings. The molecule has 178 valence electrons. The molecule has 0 aliphatic heterocycles. The largest absolute Gasteiger partial charge is 0.434 e. The normalized spacial score (nSPS) is 12.0. The summed E-state index contributed by atoms with van der Waals surface area (Å²) in [5.41, 5.74) is 0.491. The van der Waals surface area contributed by atoms with Gasteiger partial charge in [-0.15, -0.1) is 0 Å². The molecule has 0 aliphatic carbocycles. The average molecular weight is 472 g/mol. The minimum atomic E-state index is -3.00. The van der Waals surface area contributed by atoms with E-state index in [0.29, 0.717) is 16.6 Å². The van der Waals surface area contributed by atoms with Crippen molar-refractivity contribution in [3.05, 3.63) is 75.8 Å². The summed E-state index contributed by atoms with van der Waals surface area (Å²) < 4.78 is 48.3. The fraction of sp³-hybridized carbons (Fsp3) is 0.292. The van der Waals surface area contributed by atoms with Crippen molar-refractivity contribution in [3.63, 3.8) is 0 Å². The van der Waals surface area contributed by atoms with Crippen LogP contribution in [0.25, 0.3) is 22.0 Å². The summed E-state index contributed by atoms with van der Waals surface area (Å²) in [7, 11) is 1.52.